The van der Waals surface area contributed by atoms with Gasteiger partial charge in [-0.1, -0.05) is 29.8 Å². The highest BCUT2D eigenvalue weighted by Gasteiger charge is 2.23. The van der Waals surface area contributed by atoms with Crippen LogP contribution in [0.15, 0.2) is 22.7 Å². The molecule has 0 fully saturated rings. The van der Waals surface area contributed by atoms with Crippen molar-refractivity contribution in [2.75, 3.05) is 12.4 Å². The zero-order valence-electron chi connectivity index (χ0n) is 11.2. The Labute approximate surface area is 127 Å². The summed E-state index contributed by atoms with van der Waals surface area (Å²) >= 11 is 9.05. The van der Waals surface area contributed by atoms with Gasteiger partial charge in [-0.15, -0.1) is 11.6 Å². The minimum atomic E-state index is -0.167. The highest BCUT2D eigenvalue weighted by molar-refractivity contribution is 9.10. The third-order valence-corrected chi connectivity index (χ3v) is 3.82. The molecule has 5 heteroatoms. The van der Waals surface area contributed by atoms with Crippen LogP contribution in [0.5, 0.6) is 5.75 Å². The molecule has 0 atom stereocenters. The van der Waals surface area contributed by atoms with E-state index in [1.54, 1.807) is 17.0 Å². The maximum Gasteiger partial charge on any atom is 0.257 e. The van der Waals surface area contributed by atoms with Crippen LogP contribution in [-0.4, -0.2) is 34.4 Å². The Bertz CT molecular complexity index is 435. The molecular formula is C14H19BrClNO2. The summed E-state index contributed by atoms with van der Waals surface area (Å²) in [6, 6.07) is 5.05. The fourth-order valence-corrected chi connectivity index (χ4v) is 2.64. The van der Waals surface area contributed by atoms with E-state index >= 15 is 0 Å². The van der Waals surface area contributed by atoms with E-state index in [-0.39, 0.29) is 17.7 Å². The van der Waals surface area contributed by atoms with Crippen LogP contribution in [0.25, 0.3) is 0 Å². The number of amides is 1. The summed E-state index contributed by atoms with van der Waals surface area (Å²) in [6.07, 6.45) is 1.74. The van der Waals surface area contributed by atoms with Gasteiger partial charge in [0.05, 0.1) is 5.56 Å². The van der Waals surface area contributed by atoms with Gasteiger partial charge in [0, 0.05) is 22.9 Å². The van der Waals surface area contributed by atoms with Gasteiger partial charge in [-0.05, 0) is 31.0 Å². The number of carbonyl (C=O) groups excluding carboxylic acids is 1. The standard InChI is InChI=1S/C14H19BrClNO2/c1-3-11(4-2)17(8-7-16)14(19)12-6-5-10(15)9-13(12)18/h5-6,9,11,18H,3-4,7-8H2,1-2H3. The van der Waals surface area contributed by atoms with Crippen molar-refractivity contribution in [3.63, 3.8) is 0 Å². The van der Waals surface area contributed by atoms with Gasteiger partial charge in [0.15, 0.2) is 0 Å². The van der Waals surface area contributed by atoms with Crippen molar-refractivity contribution in [3.8, 4) is 5.75 Å². The van der Waals surface area contributed by atoms with Crippen molar-refractivity contribution in [1.29, 1.82) is 0 Å². The molecule has 0 saturated heterocycles. The predicted octanol–water partition coefficient (Wildman–Crippen LogP) is 4.02. The Morgan fingerprint density at radius 1 is 1.42 bits per heavy atom. The minimum absolute atomic E-state index is 0.00935. The van der Waals surface area contributed by atoms with Crippen LogP contribution in [-0.2, 0) is 0 Å². The van der Waals surface area contributed by atoms with Gasteiger partial charge in [0.1, 0.15) is 5.75 Å². The van der Waals surface area contributed by atoms with E-state index < -0.39 is 0 Å². The number of benzene rings is 1. The van der Waals surface area contributed by atoms with Crippen molar-refractivity contribution in [2.45, 2.75) is 32.7 Å². The van der Waals surface area contributed by atoms with E-state index in [1.165, 1.54) is 6.07 Å². The lowest BCUT2D eigenvalue weighted by molar-refractivity contribution is 0.0678. The second-order valence-electron chi connectivity index (χ2n) is 4.32. The number of alkyl halides is 1. The normalized spacial score (nSPS) is 10.8. The summed E-state index contributed by atoms with van der Waals surface area (Å²) < 4.78 is 0.743. The maximum absolute atomic E-state index is 12.5. The van der Waals surface area contributed by atoms with Crippen molar-refractivity contribution in [3.05, 3.63) is 28.2 Å². The van der Waals surface area contributed by atoms with Crippen molar-refractivity contribution in [2.24, 2.45) is 0 Å². The SMILES string of the molecule is CCC(CC)N(CCCl)C(=O)c1ccc(Br)cc1O. The van der Waals surface area contributed by atoms with Crippen LogP contribution in [0, 0.1) is 0 Å². The van der Waals surface area contributed by atoms with Crippen LogP contribution < -0.4 is 0 Å². The zero-order chi connectivity index (χ0) is 14.4. The smallest absolute Gasteiger partial charge is 0.257 e. The molecular weight excluding hydrogens is 330 g/mol. The van der Waals surface area contributed by atoms with Gasteiger partial charge in [0.2, 0.25) is 0 Å². The van der Waals surface area contributed by atoms with Gasteiger partial charge in [-0.2, -0.15) is 0 Å². The Morgan fingerprint density at radius 3 is 2.53 bits per heavy atom. The molecule has 1 aromatic carbocycles. The molecule has 0 aliphatic carbocycles. The molecule has 0 aliphatic heterocycles. The second kappa shape index (κ2) is 7.75. The monoisotopic (exact) mass is 347 g/mol. The molecule has 1 rings (SSSR count). The number of rotatable bonds is 6. The highest BCUT2D eigenvalue weighted by atomic mass is 79.9. The number of carbonyl (C=O) groups is 1. The molecule has 0 spiro atoms. The average Bonchev–Trinajstić information content (AvgIpc) is 2.38. The number of phenols is 1. The first-order valence-electron chi connectivity index (χ1n) is 6.40. The maximum atomic E-state index is 12.5. The molecule has 0 unspecified atom stereocenters. The van der Waals surface area contributed by atoms with Crippen molar-refractivity contribution >= 4 is 33.4 Å². The van der Waals surface area contributed by atoms with E-state index in [2.05, 4.69) is 15.9 Å². The molecule has 3 nitrogen and oxygen atoms in total. The molecule has 1 aromatic rings. The molecule has 0 bridgehead atoms. The van der Waals surface area contributed by atoms with Crippen LogP contribution in [0.3, 0.4) is 0 Å². The highest BCUT2D eigenvalue weighted by Crippen LogP contribution is 2.25. The van der Waals surface area contributed by atoms with Gasteiger partial charge >= 0.3 is 0 Å². The molecule has 0 aliphatic rings. The summed E-state index contributed by atoms with van der Waals surface area (Å²) in [5.41, 5.74) is 0.320. The second-order valence-corrected chi connectivity index (χ2v) is 5.61. The third-order valence-electron chi connectivity index (χ3n) is 3.16. The number of nitrogens with zero attached hydrogens (tertiary/aromatic N) is 1. The topological polar surface area (TPSA) is 40.5 Å². The number of phenolic OH excluding ortho intramolecular Hbond substituents is 1. The number of halogens is 2. The lowest BCUT2D eigenvalue weighted by Crippen LogP contribution is -2.41. The number of aromatic hydroxyl groups is 1. The first-order chi connectivity index (χ1) is 9.04. The Balaban J connectivity index is 3.04. The predicted molar refractivity (Wildman–Crippen MR) is 81.9 cm³/mol. The average molecular weight is 349 g/mol. The third kappa shape index (κ3) is 4.11. The van der Waals surface area contributed by atoms with Crippen molar-refractivity contribution in [1.82, 2.24) is 4.90 Å². The van der Waals surface area contributed by atoms with Gasteiger partial charge < -0.3 is 10.0 Å². The van der Waals surface area contributed by atoms with E-state index in [9.17, 15) is 9.90 Å². The first-order valence-corrected chi connectivity index (χ1v) is 7.73. The van der Waals surface area contributed by atoms with Crippen molar-refractivity contribution < 1.29 is 9.90 Å². The lowest BCUT2D eigenvalue weighted by atomic mass is 10.1. The largest absolute Gasteiger partial charge is 0.507 e. The fourth-order valence-electron chi connectivity index (χ4n) is 2.11. The first kappa shape index (κ1) is 16.3. The molecule has 0 radical (unpaired) electrons. The Morgan fingerprint density at radius 2 is 2.05 bits per heavy atom. The molecule has 0 heterocycles. The summed E-state index contributed by atoms with van der Waals surface area (Å²) in [4.78, 5) is 14.3. The molecule has 19 heavy (non-hydrogen) atoms. The molecule has 1 N–H and O–H groups in total. The van der Waals surface area contributed by atoms with Crippen LogP contribution in [0.1, 0.15) is 37.0 Å². The quantitative estimate of drug-likeness (QED) is 0.789. The number of hydrogen-bond acceptors (Lipinski definition) is 2. The molecule has 1 amide bonds. The van der Waals surface area contributed by atoms with Gasteiger partial charge in [-0.3, -0.25) is 4.79 Å². The Hall–Kier alpha value is -0.740. The lowest BCUT2D eigenvalue weighted by Gasteiger charge is -2.30. The van der Waals surface area contributed by atoms with E-state index in [0.29, 0.717) is 18.0 Å². The van der Waals surface area contributed by atoms with Crippen LogP contribution >= 0.6 is 27.5 Å². The van der Waals surface area contributed by atoms with E-state index in [0.717, 1.165) is 17.3 Å². The van der Waals surface area contributed by atoms with E-state index in [4.69, 9.17) is 11.6 Å². The zero-order valence-corrected chi connectivity index (χ0v) is 13.5. The van der Waals surface area contributed by atoms with E-state index in [1.807, 2.05) is 13.8 Å². The van der Waals surface area contributed by atoms with Crippen LogP contribution in [0.2, 0.25) is 0 Å². The van der Waals surface area contributed by atoms with Crippen LogP contribution in [0.4, 0.5) is 0 Å². The van der Waals surface area contributed by atoms with Gasteiger partial charge in [-0.25, -0.2) is 0 Å². The Kier molecular flexibility index (Phi) is 6.66. The number of hydrogen-bond donors (Lipinski definition) is 1. The summed E-state index contributed by atoms with van der Waals surface area (Å²) in [5, 5.41) is 9.90. The minimum Gasteiger partial charge on any atom is -0.507 e. The summed E-state index contributed by atoms with van der Waals surface area (Å²) in [7, 11) is 0. The fraction of sp³-hybridized carbons (Fsp3) is 0.500. The van der Waals surface area contributed by atoms with Gasteiger partial charge in [0.25, 0.3) is 5.91 Å². The summed E-state index contributed by atoms with van der Waals surface area (Å²) in [6.45, 7) is 4.58. The molecule has 106 valence electrons. The molecule has 0 aromatic heterocycles. The molecule has 0 saturated carbocycles. The summed E-state index contributed by atoms with van der Waals surface area (Å²) in [5.74, 6) is 0.212.